The Morgan fingerprint density at radius 2 is 1.60 bits per heavy atom. The molecule has 0 radical (unpaired) electrons. The van der Waals surface area contributed by atoms with Gasteiger partial charge in [-0.05, 0) is 72.6 Å². The second kappa shape index (κ2) is 13.2. The average molecular weight is 562 g/mol. The lowest BCUT2D eigenvalue weighted by Gasteiger charge is -2.42. The van der Waals surface area contributed by atoms with E-state index in [9.17, 15) is 19.5 Å². The van der Waals surface area contributed by atoms with Gasteiger partial charge in [-0.15, -0.1) is 0 Å². The third-order valence-electron chi connectivity index (χ3n) is 7.84. The highest BCUT2D eigenvalue weighted by Crippen LogP contribution is 2.41. The van der Waals surface area contributed by atoms with Crippen LogP contribution >= 0.6 is 0 Å². The molecule has 7 nitrogen and oxygen atoms in total. The van der Waals surface area contributed by atoms with Crippen molar-refractivity contribution in [2.75, 3.05) is 11.9 Å². The minimum Gasteiger partial charge on any atom is -0.478 e. The van der Waals surface area contributed by atoms with Crippen LogP contribution in [-0.4, -0.2) is 34.5 Å². The van der Waals surface area contributed by atoms with Crippen molar-refractivity contribution in [3.05, 3.63) is 137 Å². The third kappa shape index (κ3) is 7.04. The molecule has 1 aliphatic rings. The summed E-state index contributed by atoms with van der Waals surface area (Å²) in [5.41, 5.74) is 6.26. The number of benzene rings is 4. The van der Waals surface area contributed by atoms with E-state index in [2.05, 4.69) is 54.0 Å². The molecule has 0 aromatic heterocycles. The molecule has 214 valence electrons. The molecular formula is C35H35N3O4. The number of carboxylic acids is 1. The molecule has 1 aliphatic carbocycles. The zero-order chi connectivity index (χ0) is 29.5. The molecule has 0 saturated heterocycles. The predicted molar refractivity (Wildman–Crippen MR) is 163 cm³/mol. The van der Waals surface area contributed by atoms with Crippen molar-refractivity contribution in [2.24, 2.45) is 5.92 Å². The SMILES string of the molecule is Cc1ccc(CC2CCc3ccccc3C2N(Cc2ccccc2)C(=O)CNC(=O)Nc2cccc(C(=O)O)c2)cc1. The van der Waals surface area contributed by atoms with Gasteiger partial charge in [0.15, 0.2) is 0 Å². The number of anilines is 1. The Morgan fingerprint density at radius 1 is 0.857 bits per heavy atom. The number of urea groups is 1. The average Bonchev–Trinajstić information content (AvgIpc) is 3.00. The number of hydrogen-bond donors (Lipinski definition) is 3. The summed E-state index contributed by atoms with van der Waals surface area (Å²) in [5, 5.41) is 14.6. The first-order valence-corrected chi connectivity index (χ1v) is 14.2. The second-order valence-electron chi connectivity index (χ2n) is 10.8. The highest BCUT2D eigenvalue weighted by Gasteiger charge is 2.36. The van der Waals surface area contributed by atoms with E-state index in [-0.39, 0.29) is 30.0 Å². The molecule has 0 bridgehead atoms. The van der Waals surface area contributed by atoms with Gasteiger partial charge >= 0.3 is 12.0 Å². The number of aryl methyl sites for hydroxylation is 2. The number of nitrogens with zero attached hydrogens (tertiary/aromatic N) is 1. The third-order valence-corrected chi connectivity index (χ3v) is 7.84. The van der Waals surface area contributed by atoms with Crippen molar-refractivity contribution in [2.45, 2.75) is 38.8 Å². The second-order valence-corrected chi connectivity index (χ2v) is 10.8. The van der Waals surface area contributed by atoms with Crippen molar-refractivity contribution in [3.63, 3.8) is 0 Å². The van der Waals surface area contributed by atoms with Crippen LogP contribution < -0.4 is 10.6 Å². The van der Waals surface area contributed by atoms with Crippen LogP contribution in [0.4, 0.5) is 10.5 Å². The van der Waals surface area contributed by atoms with Crippen LogP contribution in [0.3, 0.4) is 0 Å². The Morgan fingerprint density at radius 3 is 2.36 bits per heavy atom. The molecule has 0 fully saturated rings. The van der Waals surface area contributed by atoms with Crippen LogP contribution in [0.25, 0.3) is 0 Å². The van der Waals surface area contributed by atoms with Gasteiger partial charge in [-0.2, -0.15) is 0 Å². The molecule has 7 heteroatoms. The first kappa shape index (κ1) is 28.6. The van der Waals surface area contributed by atoms with Crippen molar-refractivity contribution >= 4 is 23.6 Å². The van der Waals surface area contributed by atoms with E-state index >= 15 is 0 Å². The van der Waals surface area contributed by atoms with Gasteiger partial charge in [0, 0.05) is 12.2 Å². The lowest BCUT2D eigenvalue weighted by atomic mass is 9.76. The summed E-state index contributed by atoms with van der Waals surface area (Å²) in [6.45, 7) is 2.29. The standard InChI is InChI=1S/C35H35N3O4/c1-24-14-16-25(17-15-24)20-28-19-18-27-10-5-6-13-31(27)33(28)38(23-26-8-3-2-4-9-26)32(39)22-36-35(42)37-30-12-7-11-29(21-30)34(40)41/h2-17,21,28,33H,18-20,22-23H2,1H3,(H,40,41)(H2,36,37,42). The molecule has 2 unspecified atom stereocenters. The fourth-order valence-electron chi connectivity index (χ4n) is 5.75. The fourth-order valence-corrected chi connectivity index (χ4v) is 5.75. The van der Waals surface area contributed by atoms with Crippen LogP contribution in [-0.2, 0) is 24.2 Å². The number of nitrogens with one attached hydrogen (secondary N) is 2. The molecule has 0 saturated carbocycles. The number of carbonyl (C=O) groups excluding carboxylic acids is 2. The molecule has 2 atom stereocenters. The number of fused-ring (bicyclic) bond motifs is 1. The monoisotopic (exact) mass is 561 g/mol. The number of hydrogen-bond acceptors (Lipinski definition) is 3. The lowest BCUT2D eigenvalue weighted by Crippen LogP contribution is -2.46. The van der Waals surface area contributed by atoms with Gasteiger partial charge in [0.1, 0.15) is 0 Å². The highest BCUT2D eigenvalue weighted by atomic mass is 16.4. The summed E-state index contributed by atoms with van der Waals surface area (Å²) in [5.74, 6) is -1.08. The van der Waals surface area contributed by atoms with E-state index in [1.54, 1.807) is 12.1 Å². The molecule has 42 heavy (non-hydrogen) atoms. The maximum Gasteiger partial charge on any atom is 0.335 e. The van der Waals surface area contributed by atoms with Gasteiger partial charge < -0.3 is 20.6 Å². The smallest absolute Gasteiger partial charge is 0.335 e. The van der Waals surface area contributed by atoms with Gasteiger partial charge in [0.2, 0.25) is 5.91 Å². The maximum absolute atomic E-state index is 14.0. The molecule has 0 heterocycles. The quantitative estimate of drug-likeness (QED) is 0.221. The number of carboxylic acid groups (broad SMARTS) is 1. The van der Waals surface area contributed by atoms with E-state index in [1.165, 1.54) is 28.8 Å². The Hall–Kier alpha value is -4.91. The molecule has 5 rings (SSSR count). The molecule has 0 spiro atoms. The summed E-state index contributed by atoms with van der Waals surface area (Å²) in [6.07, 6.45) is 2.74. The van der Waals surface area contributed by atoms with Crippen LogP contribution in [0.1, 0.15) is 50.6 Å². The lowest BCUT2D eigenvalue weighted by molar-refractivity contribution is -0.135. The van der Waals surface area contributed by atoms with Crippen molar-refractivity contribution in [1.82, 2.24) is 10.2 Å². The Bertz CT molecular complexity index is 1550. The van der Waals surface area contributed by atoms with Gasteiger partial charge in [-0.1, -0.05) is 90.5 Å². The van der Waals surface area contributed by atoms with Gasteiger partial charge in [0.25, 0.3) is 0 Å². The van der Waals surface area contributed by atoms with Crippen LogP contribution in [0, 0.1) is 12.8 Å². The first-order valence-electron chi connectivity index (χ1n) is 14.2. The number of carbonyl (C=O) groups is 3. The predicted octanol–water partition coefficient (Wildman–Crippen LogP) is 6.39. The molecule has 0 aliphatic heterocycles. The summed E-state index contributed by atoms with van der Waals surface area (Å²) in [7, 11) is 0. The van der Waals surface area contributed by atoms with Gasteiger partial charge in [-0.3, -0.25) is 4.79 Å². The Kier molecular flexibility index (Phi) is 8.97. The van der Waals surface area contributed by atoms with Crippen molar-refractivity contribution < 1.29 is 19.5 Å². The van der Waals surface area contributed by atoms with E-state index in [0.717, 1.165) is 30.4 Å². The number of amides is 3. The van der Waals surface area contributed by atoms with Crippen molar-refractivity contribution in [1.29, 1.82) is 0 Å². The molecule has 4 aromatic rings. The zero-order valence-electron chi connectivity index (χ0n) is 23.6. The number of rotatable bonds is 9. The normalized spacial score (nSPS) is 15.7. The summed E-state index contributed by atoms with van der Waals surface area (Å²) >= 11 is 0. The molecular weight excluding hydrogens is 526 g/mol. The van der Waals surface area contributed by atoms with Crippen molar-refractivity contribution in [3.8, 4) is 0 Å². The zero-order valence-corrected chi connectivity index (χ0v) is 23.6. The topological polar surface area (TPSA) is 98.7 Å². The van der Waals surface area contributed by atoms with Crippen LogP contribution in [0.5, 0.6) is 0 Å². The highest BCUT2D eigenvalue weighted by molar-refractivity contribution is 5.94. The van der Waals surface area contributed by atoms with Crippen LogP contribution in [0.2, 0.25) is 0 Å². The van der Waals surface area contributed by atoms with E-state index in [0.29, 0.717) is 12.2 Å². The summed E-state index contributed by atoms with van der Waals surface area (Å²) in [4.78, 5) is 40.0. The first-order chi connectivity index (χ1) is 20.4. The maximum atomic E-state index is 14.0. The minimum atomic E-state index is -1.08. The van der Waals surface area contributed by atoms with E-state index < -0.39 is 12.0 Å². The van der Waals surface area contributed by atoms with E-state index in [4.69, 9.17) is 0 Å². The summed E-state index contributed by atoms with van der Waals surface area (Å²) in [6, 6.07) is 32.1. The molecule has 3 N–H and O–H groups in total. The van der Waals surface area contributed by atoms with Crippen LogP contribution in [0.15, 0.2) is 103 Å². The van der Waals surface area contributed by atoms with Gasteiger partial charge in [-0.25, -0.2) is 9.59 Å². The fraction of sp³-hybridized carbons (Fsp3) is 0.229. The largest absolute Gasteiger partial charge is 0.478 e. The van der Waals surface area contributed by atoms with E-state index in [1.807, 2.05) is 47.4 Å². The minimum absolute atomic E-state index is 0.0634. The molecule has 4 aromatic carbocycles. The Labute approximate surface area is 246 Å². The Balaban J connectivity index is 1.40. The number of aromatic carboxylic acids is 1. The van der Waals surface area contributed by atoms with Gasteiger partial charge in [0.05, 0.1) is 18.2 Å². The summed E-state index contributed by atoms with van der Waals surface area (Å²) < 4.78 is 0. The molecule has 3 amide bonds.